The molecule has 1 fully saturated rings. The van der Waals surface area contributed by atoms with Crippen molar-refractivity contribution in [1.82, 2.24) is 19.9 Å². The molecule has 3 rings (SSSR count). The van der Waals surface area contributed by atoms with Gasteiger partial charge in [-0.3, -0.25) is 4.98 Å². The van der Waals surface area contributed by atoms with E-state index in [9.17, 15) is 4.79 Å². The van der Waals surface area contributed by atoms with Crippen molar-refractivity contribution in [2.24, 2.45) is 0 Å². The Morgan fingerprint density at radius 2 is 2.07 bits per heavy atom. The Labute approximate surface area is 169 Å². The third-order valence-electron chi connectivity index (χ3n) is 4.52. The first-order valence-electron chi connectivity index (χ1n) is 9.48. The molecule has 3 heterocycles. The summed E-state index contributed by atoms with van der Waals surface area (Å²) in [6.07, 6.45) is 5.93. The average Bonchev–Trinajstić information content (AvgIpc) is 2.72. The molecule has 1 saturated heterocycles. The molecular formula is C20H24N6O3. The molecule has 2 aromatic rings. The lowest BCUT2D eigenvalue weighted by Gasteiger charge is -2.39. The number of hydrogen-bond donors (Lipinski definition) is 0. The van der Waals surface area contributed by atoms with Crippen molar-refractivity contribution in [3.8, 4) is 11.8 Å². The summed E-state index contributed by atoms with van der Waals surface area (Å²) in [5.41, 5.74) is 1.23. The van der Waals surface area contributed by atoms with Gasteiger partial charge in [0.2, 0.25) is 5.95 Å². The molecule has 1 aliphatic heterocycles. The van der Waals surface area contributed by atoms with E-state index in [4.69, 9.17) is 14.7 Å². The average molecular weight is 396 g/mol. The predicted octanol–water partition coefficient (Wildman–Crippen LogP) is 2.38. The second kappa shape index (κ2) is 9.19. The lowest BCUT2D eigenvalue weighted by atomic mass is 10.2. The fraction of sp³-hybridized carbons (Fsp3) is 0.450. The van der Waals surface area contributed by atoms with Gasteiger partial charge < -0.3 is 19.3 Å². The molecule has 1 unspecified atom stereocenters. The number of anilines is 1. The van der Waals surface area contributed by atoms with Gasteiger partial charge in [0.25, 0.3) is 0 Å². The minimum Gasteiger partial charge on any atom is -0.486 e. The first kappa shape index (κ1) is 20.3. The Morgan fingerprint density at radius 3 is 2.72 bits per heavy atom. The smallest absolute Gasteiger partial charge is 0.410 e. The minimum absolute atomic E-state index is 0.0604. The van der Waals surface area contributed by atoms with Crippen molar-refractivity contribution < 1.29 is 14.3 Å². The number of ether oxygens (including phenoxy) is 2. The summed E-state index contributed by atoms with van der Waals surface area (Å²) in [5.74, 6) is 1.10. The molecule has 1 aliphatic rings. The van der Waals surface area contributed by atoms with Crippen molar-refractivity contribution >= 4 is 12.0 Å². The number of carbonyl (C=O) groups excluding carboxylic acids is 1. The van der Waals surface area contributed by atoms with E-state index in [1.807, 2.05) is 20.8 Å². The summed E-state index contributed by atoms with van der Waals surface area (Å²) in [4.78, 5) is 28.6. The number of amides is 1. The summed E-state index contributed by atoms with van der Waals surface area (Å²) in [6, 6.07) is 3.90. The topological polar surface area (TPSA) is 104 Å². The van der Waals surface area contributed by atoms with Crippen molar-refractivity contribution in [2.45, 2.75) is 39.5 Å². The minimum atomic E-state index is -0.288. The van der Waals surface area contributed by atoms with E-state index in [0.29, 0.717) is 36.9 Å². The van der Waals surface area contributed by atoms with E-state index < -0.39 is 0 Å². The monoisotopic (exact) mass is 396 g/mol. The summed E-state index contributed by atoms with van der Waals surface area (Å²) in [5, 5.41) is 9.11. The van der Waals surface area contributed by atoms with Crippen LogP contribution in [0.5, 0.6) is 5.75 Å². The number of nitrogens with zero attached hydrogens (tertiary/aromatic N) is 6. The van der Waals surface area contributed by atoms with Gasteiger partial charge in [-0.05, 0) is 26.8 Å². The van der Waals surface area contributed by atoms with Gasteiger partial charge in [0, 0.05) is 43.6 Å². The molecule has 29 heavy (non-hydrogen) atoms. The number of rotatable bonds is 5. The zero-order valence-electron chi connectivity index (χ0n) is 16.8. The molecule has 1 amide bonds. The van der Waals surface area contributed by atoms with Crippen LogP contribution in [0.15, 0.2) is 30.9 Å². The molecule has 0 radical (unpaired) electrons. The highest BCUT2D eigenvalue weighted by molar-refractivity contribution is 5.68. The van der Waals surface area contributed by atoms with Crippen molar-refractivity contribution in [3.05, 3.63) is 42.0 Å². The molecule has 9 heteroatoms. The third-order valence-corrected chi connectivity index (χ3v) is 4.52. The van der Waals surface area contributed by atoms with E-state index >= 15 is 0 Å². The number of carbonyl (C=O) groups is 1. The zero-order chi connectivity index (χ0) is 20.8. The second-order valence-electron chi connectivity index (χ2n) is 7.07. The molecule has 0 N–H and O–H groups in total. The third kappa shape index (κ3) is 5.10. The molecule has 2 aromatic heterocycles. The van der Waals surface area contributed by atoms with Gasteiger partial charge in [0.05, 0.1) is 24.1 Å². The molecule has 0 spiro atoms. The van der Waals surface area contributed by atoms with Gasteiger partial charge >= 0.3 is 6.09 Å². The van der Waals surface area contributed by atoms with E-state index in [0.717, 1.165) is 5.56 Å². The van der Waals surface area contributed by atoms with E-state index in [1.54, 1.807) is 29.6 Å². The van der Waals surface area contributed by atoms with Crippen molar-refractivity contribution in [2.75, 3.05) is 24.5 Å². The largest absolute Gasteiger partial charge is 0.486 e. The molecule has 0 aliphatic carbocycles. The van der Waals surface area contributed by atoms with Crippen molar-refractivity contribution in [3.63, 3.8) is 0 Å². The number of nitriles is 1. The van der Waals surface area contributed by atoms with Crippen LogP contribution in [0.1, 0.15) is 31.9 Å². The molecule has 0 bridgehead atoms. The Balaban J connectivity index is 1.58. The Hall–Kier alpha value is -3.41. The van der Waals surface area contributed by atoms with Gasteiger partial charge in [-0.15, -0.1) is 0 Å². The number of piperazine rings is 1. The van der Waals surface area contributed by atoms with E-state index in [-0.39, 0.29) is 24.8 Å². The molecule has 1 atom stereocenters. The van der Waals surface area contributed by atoms with Crippen LogP contribution < -0.4 is 9.64 Å². The quantitative estimate of drug-likeness (QED) is 0.759. The number of pyridine rings is 1. The predicted molar refractivity (Wildman–Crippen MR) is 105 cm³/mol. The molecular weight excluding hydrogens is 372 g/mol. The van der Waals surface area contributed by atoms with Crippen LogP contribution in [-0.4, -0.2) is 57.7 Å². The molecule has 9 nitrogen and oxygen atoms in total. The van der Waals surface area contributed by atoms with Gasteiger partial charge in [-0.25, -0.2) is 14.8 Å². The Kier molecular flexibility index (Phi) is 6.44. The summed E-state index contributed by atoms with van der Waals surface area (Å²) in [7, 11) is 0. The van der Waals surface area contributed by atoms with Crippen LogP contribution in [0.25, 0.3) is 0 Å². The van der Waals surface area contributed by atoms with Crippen LogP contribution >= 0.6 is 0 Å². The second-order valence-corrected chi connectivity index (χ2v) is 7.07. The summed E-state index contributed by atoms with van der Waals surface area (Å²) < 4.78 is 11.0. The first-order valence-corrected chi connectivity index (χ1v) is 9.48. The highest BCUT2D eigenvalue weighted by Gasteiger charge is 2.29. The lowest BCUT2D eigenvalue weighted by molar-refractivity contribution is 0.0714. The van der Waals surface area contributed by atoms with Crippen LogP contribution in [-0.2, 0) is 11.3 Å². The van der Waals surface area contributed by atoms with Crippen LogP contribution in [0.2, 0.25) is 0 Å². The molecule has 0 aromatic carbocycles. The van der Waals surface area contributed by atoms with Crippen LogP contribution in [0, 0.1) is 11.3 Å². The highest BCUT2D eigenvalue weighted by atomic mass is 16.6. The molecule has 152 valence electrons. The maximum atomic E-state index is 12.1. The summed E-state index contributed by atoms with van der Waals surface area (Å²) >= 11 is 0. The standard InChI is InChI=1S/C20H24N6O3/c1-14(2)29-20(27)25-6-7-26(15(3)12-25)19-23-10-18(11-24-19)28-13-16-4-5-22-9-17(16)8-21/h4-5,9-11,14-15H,6-7,12-13H2,1-3H3. The normalized spacial score (nSPS) is 16.4. The zero-order valence-corrected chi connectivity index (χ0v) is 16.8. The Bertz CT molecular complexity index is 881. The first-order chi connectivity index (χ1) is 14.0. The SMILES string of the molecule is CC(C)OC(=O)N1CCN(c2ncc(OCc3ccncc3C#N)cn2)C(C)C1. The maximum Gasteiger partial charge on any atom is 0.410 e. The fourth-order valence-corrected chi connectivity index (χ4v) is 3.04. The Morgan fingerprint density at radius 1 is 1.31 bits per heavy atom. The van der Waals surface area contributed by atoms with Crippen LogP contribution in [0.3, 0.4) is 0 Å². The van der Waals surface area contributed by atoms with Gasteiger partial charge in [-0.1, -0.05) is 0 Å². The van der Waals surface area contributed by atoms with E-state index in [2.05, 4.69) is 25.9 Å². The van der Waals surface area contributed by atoms with E-state index in [1.165, 1.54) is 6.20 Å². The number of hydrogen-bond acceptors (Lipinski definition) is 8. The maximum absolute atomic E-state index is 12.1. The van der Waals surface area contributed by atoms with Gasteiger partial charge in [-0.2, -0.15) is 5.26 Å². The lowest BCUT2D eigenvalue weighted by Crippen LogP contribution is -2.54. The number of aromatic nitrogens is 3. The fourth-order valence-electron chi connectivity index (χ4n) is 3.04. The van der Waals surface area contributed by atoms with Crippen LogP contribution in [0.4, 0.5) is 10.7 Å². The van der Waals surface area contributed by atoms with Gasteiger partial charge in [0.1, 0.15) is 12.7 Å². The summed E-state index contributed by atoms with van der Waals surface area (Å²) in [6.45, 7) is 7.66. The van der Waals surface area contributed by atoms with Gasteiger partial charge in [0.15, 0.2) is 5.75 Å². The molecule has 0 saturated carbocycles. The van der Waals surface area contributed by atoms with Crippen molar-refractivity contribution in [1.29, 1.82) is 5.26 Å². The highest BCUT2D eigenvalue weighted by Crippen LogP contribution is 2.19.